The molecule has 2 heterocycles. The van der Waals surface area contributed by atoms with Crippen LogP contribution >= 0.6 is 0 Å². The summed E-state index contributed by atoms with van der Waals surface area (Å²) in [4.78, 5) is 14.9. The Bertz CT molecular complexity index is 430. The van der Waals surface area contributed by atoms with Crippen LogP contribution < -0.4 is 9.80 Å². The molecule has 96 valence electrons. The molecule has 1 saturated heterocycles. The first-order valence-corrected chi connectivity index (χ1v) is 6.04. The van der Waals surface area contributed by atoms with Gasteiger partial charge in [0.15, 0.2) is 0 Å². The summed E-state index contributed by atoms with van der Waals surface area (Å²) in [6, 6.07) is 4.19. The molecule has 1 aromatic heterocycles. The number of piperazine rings is 1. The minimum Gasteiger partial charge on any atom is -0.363 e. The van der Waals surface area contributed by atoms with Crippen LogP contribution in [0.3, 0.4) is 0 Å². The molecule has 6 nitrogen and oxygen atoms in total. The van der Waals surface area contributed by atoms with Crippen LogP contribution in [0, 0.1) is 11.3 Å². The molecule has 0 atom stereocenters. The smallest absolute Gasteiger partial charge is 0.134 e. The summed E-state index contributed by atoms with van der Waals surface area (Å²) in [6.07, 6.45) is 1.60. The highest BCUT2D eigenvalue weighted by Gasteiger charge is 2.18. The molecule has 1 aliphatic rings. The fourth-order valence-corrected chi connectivity index (χ4v) is 1.99. The molecule has 0 saturated carbocycles. The molecule has 0 aromatic carbocycles. The lowest BCUT2D eigenvalue weighted by molar-refractivity contribution is 0.286. The van der Waals surface area contributed by atoms with E-state index in [0.717, 1.165) is 37.8 Å². The van der Waals surface area contributed by atoms with Gasteiger partial charge in [0.2, 0.25) is 0 Å². The van der Waals surface area contributed by atoms with Crippen LogP contribution in [0.2, 0.25) is 0 Å². The van der Waals surface area contributed by atoms with Gasteiger partial charge in [-0.3, -0.25) is 4.90 Å². The molecular weight excluding hydrogens is 228 g/mol. The normalized spacial score (nSPS) is 16.4. The molecule has 2 rings (SSSR count). The fraction of sp³-hybridized carbons (Fsp3) is 0.583. The predicted molar refractivity (Wildman–Crippen MR) is 70.6 cm³/mol. The van der Waals surface area contributed by atoms with Crippen molar-refractivity contribution in [2.75, 3.05) is 56.6 Å². The first-order valence-electron chi connectivity index (χ1n) is 6.04. The van der Waals surface area contributed by atoms with Crippen LogP contribution in [0.15, 0.2) is 12.4 Å². The average Bonchev–Trinajstić information content (AvgIpc) is 2.40. The van der Waals surface area contributed by atoms with Gasteiger partial charge in [0, 0.05) is 46.3 Å². The highest BCUT2D eigenvalue weighted by molar-refractivity contribution is 5.49. The standard InChI is InChI=1S/C12H18N6/c1-16(2)11-9-12(15-10-14-11)18-7-5-17(4-3-13)6-8-18/h9-10H,4-8H2,1-2H3. The summed E-state index contributed by atoms with van der Waals surface area (Å²) in [5, 5.41) is 8.67. The summed E-state index contributed by atoms with van der Waals surface area (Å²) < 4.78 is 0. The van der Waals surface area contributed by atoms with Gasteiger partial charge in [0.1, 0.15) is 18.0 Å². The largest absolute Gasteiger partial charge is 0.363 e. The second-order valence-electron chi connectivity index (χ2n) is 4.55. The van der Waals surface area contributed by atoms with Crippen LogP contribution in [0.4, 0.5) is 11.6 Å². The molecule has 0 unspecified atom stereocenters. The number of rotatable bonds is 3. The molecule has 0 amide bonds. The van der Waals surface area contributed by atoms with Crippen molar-refractivity contribution < 1.29 is 0 Å². The van der Waals surface area contributed by atoms with Gasteiger partial charge in [0.25, 0.3) is 0 Å². The third-order valence-corrected chi connectivity index (χ3v) is 3.09. The number of hydrogen-bond donors (Lipinski definition) is 0. The van der Waals surface area contributed by atoms with Gasteiger partial charge in [-0.25, -0.2) is 9.97 Å². The van der Waals surface area contributed by atoms with E-state index < -0.39 is 0 Å². The topological polar surface area (TPSA) is 59.3 Å². The summed E-state index contributed by atoms with van der Waals surface area (Å²) >= 11 is 0. The summed E-state index contributed by atoms with van der Waals surface area (Å²) in [5.74, 6) is 1.88. The summed E-state index contributed by atoms with van der Waals surface area (Å²) in [7, 11) is 3.94. The Morgan fingerprint density at radius 1 is 1.28 bits per heavy atom. The minimum atomic E-state index is 0.514. The van der Waals surface area contributed by atoms with Crippen LogP contribution in [0.5, 0.6) is 0 Å². The quantitative estimate of drug-likeness (QED) is 0.710. The maximum atomic E-state index is 8.67. The number of aromatic nitrogens is 2. The Balaban J connectivity index is 2.01. The molecule has 0 radical (unpaired) electrons. The SMILES string of the molecule is CN(C)c1cc(N2CCN(CC#N)CC2)ncn1. The van der Waals surface area contributed by atoms with Gasteiger partial charge in [-0.05, 0) is 0 Å². The predicted octanol–water partition coefficient (Wildman–Crippen LogP) is 0.188. The Morgan fingerprint density at radius 3 is 2.61 bits per heavy atom. The van der Waals surface area contributed by atoms with E-state index in [1.807, 2.05) is 25.1 Å². The molecule has 0 spiro atoms. The zero-order chi connectivity index (χ0) is 13.0. The third kappa shape index (κ3) is 2.87. The van der Waals surface area contributed by atoms with Gasteiger partial charge in [-0.2, -0.15) is 5.26 Å². The van der Waals surface area contributed by atoms with E-state index in [0.29, 0.717) is 6.54 Å². The lowest BCUT2D eigenvalue weighted by Crippen LogP contribution is -2.46. The second-order valence-corrected chi connectivity index (χ2v) is 4.55. The molecule has 18 heavy (non-hydrogen) atoms. The van der Waals surface area contributed by atoms with E-state index in [-0.39, 0.29) is 0 Å². The van der Waals surface area contributed by atoms with Crippen molar-refractivity contribution in [1.29, 1.82) is 5.26 Å². The minimum absolute atomic E-state index is 0.514. The second kappa shape index (κ2) is 5.65. The Morgan fingerprint density at radius 2 is 2.00 bits per heavy atom. The van der Waals surface area contributed by atoms with E-state index >= 15 is 0 Å². The highest BCUT2D eigenvalue weighted by atomic mass is 15.3. The Hall–Kier alpha value is -1.87. The number of nitrogens with zero attached hydrogens (tertiary/aromatic N) is 6. The van der Waals surface area contributed by atoms with Crippen LogP contribution in [-0.2, 0) is 0 Å². The molecular formula is C12H18N6. The Labute approximate surface area is 107 Å². The molecule has 1 aliphatic heterocycles. The van der Waals surface area contributed by atoms with Crippen LogP contribution in [-0.4, -0.2) is 61.7 Å². The third-order valence-electron chi connectivity index (χ3n) is 3.09. The van der Waals surface area contributed by atoms with E-state index in [4.69, 9.17) is 5.26 Å². The zero-order valence-corrected chi connectivity index (χ0v) is 10.9. The van der Waals surface area contributed by atoms with Gasteiger partial charge in [-0.1, -0.05) is 0 Å². The van der Waals surface area contributed by atoms with Gasteiger partial charge < -0.3 is 9.80 Å². The van der Waals surface area contributed by atoms with Crippen molar-refractivity contribution in [2.45, 2.75) is 0 Å². The van der Waals surface area contributed by atoms with E-state index in [9.17, 15) is 0 Å². The monoisotopic (exact) mass is 246 g/mol. The van der Waals surface area contributed by atoms with Crippen LogP contribution in [0.25, 0.3) is 0 Å². The van der Waals surface area contributed by atoms with Crippen molar-refractivity contribution in [3.8, 4) is 6.07 Å². The van der Waals surface area contributed by atoms with Gasteiger partial charge in [-0.15, -0.1) is 0 Å². The van der Waals surface area contributed by atoms with E-state index in [2.05, 4.69) is 25.8 Å². The van der Waals surface area contributed by atoms with Crippen molar-refractivity contribution >= 4 is 11.6 Å². The number of anilines is 2. The zero-order valence-electron chi connectivity index (χ0n) is 10.9. The lowest BCUT2D eigenvalue weighted by atomic mass is 10.3. The summed E-state index contributed by atoms with van der Waals surface area (Å²) in [5.41, 5.74) is 0. The Kier molecular flexibility index (Phi) is 3.95. The lowest BCUT2D eigenvalue weighted by Gasteiger charge is -2.34. The highest BCUT2D eigenvalue weighted by Crippen LogP contribution is 2.17. The number of nitriles is 1. The maximum Gasteiger partial charge on any atom is 0.134 e. The van der Waals surface area contributed by atoms with E-state index in [1.54, 1.807) is 6.33 Å². The van der Waals surface area contributed by atoms with Gasteiger partial charge >= 0.3 is 0 Å². The molecule has 0 N–H and O–H groups in total. The van der Waals surface area contributed by atoms with Crippen molar-refractivity contribution in [3.05, 3.63) is 12.4 Å². The number of hydrogen-bond acceptors (Lipinski definition) is 6. The molecule has 0 aliphatic carbocycles. The molecule has 1 fully saturated rings. The maximum absolute atomic E-state index is 8.67. The molecule has 1 aromatic rings. The molecule has 0 bridgehead atoms. The first kappa shape index (κ1) is 12.6. The average molecular weight is 246 g/mol. The first-order chi connectivity index (χ1) is 8.70. The van der Waals surface area contributed by atoms with Crippen molar-refractivity contribution in [2.24, 2.45) is 0 Å². The van der Waals surface area contributed by atoms with E-state index in [1.165, 1.54) is 0 Å². The van der Waals surface area contributed by atoms with Gasteiger partial charge in [0.05, 0.1) is 12.6 Å². The fourth-order valence-electron chi connectivity index (χ4n) is 1.99. The molecule has 6 heteroatoms. The van der Waals surface area contributed by atoms with Crippen molar-refractivity contribution in [1.82, 2.24) is 14.9 Å². The summed E-state index contributed by atoms with van der Waals surface area (Å²) in [6.45, 7) is 4.15. The van der Waals surface area contributed by atoms with Crippen molar-refractivity contribution in [3.63, 3.8) is 0 Å². The van der Waals surface area contributed by atoms with Crippen LogP contribution in [0.1, 0.15) is 0 Å².